The minimum Gasteiger partial charge on any atom is -0.722 e. The molecule has 0 bridgehead atoms. The predicted molar refractivity (Wildman–Crippen MR) is 27.4 cm³/mol. The van der Waals surface area contributed by atoms with Gasteiger partial charge >= 0.3 is 23.9 Å². The Hall–Kier alpha value is 0.479. The zero-order valence-electron chi connectivity index (χ0n) is 4.52. The van der Waals surface area contributed by atoms with Gasteiger partial charge in [0.05, 0.1) is 0 Å². The largest absolute Gasteiger partial charge is 2.00 e. The number of rotatable bonds is 0. The van der Waals surface area contributed by atoms with Gasteiger partial charge in [-0.3, -0.25) is 0 Å². The van der Waals surface area contributed by atoms with Crippen LogP contribution >= 0.6 is 0 Å². The van der Waals surface area contributed by atoms with Crippen LogP contribution in [0, 0.1) is 0 Å². The Bertz CT molecular complexity index is 215. The molecule has 0 saturated heterocycles. The first-order valence-corrected chi connectivity index (χ1v) is 3.93. The van der Waals surface area contributed by atoms with Gasteiger partial charge in [-0.15, -0.1) is 7.77 Å². The van der Waals surface area contributed by atoms with E-state index in [-0.39, 0.29) is 23.9 Å². The molecular formula is F2O6S2Sn. The first kappa shape index (κ1) is 17.5. The SMILES string of the molecule is O=S(=O)([O-])F.O=S(=O)([O-])F.[Sn+2]. The molecule has 0 atom stereocenters. The Balaban J connectivity index is -0.000000107. The van der Waals surface area contributed by atoms with E-state index in [1.54, 1.807) is 0 Å². The van der Waals surface area contributed by atoms with E-state index >= 15 is 0 Å². The van der Waals surface area contributed by atoms with E-state index < -0.39 is 21.0 Å². The molecule has 0 aromatic heterocycles. The molecule has 0 aliphatic heterocycles. The number of hydrogen-bond acceptors (Lipinski definition) is 6. The Morgan fingerprint density at radius 2 is 0.818 bits per heavy atom. The summed E-state index contributed by atoms with van der Waals surface area (Å²) in [5.74, 6) is 0. The van der Waals surface area contributed by atoms with Gasteiger partial charge in [-0.2, -0.15) is 0 Å². The van der Waals surface area contributed by atoms with Crippen LogP contribution in [0.15, 0.2) is 0 Å². The molecule has 11 heteroatoms. The van der Waals surface area contributed by atoms with E-state index in [0.29, 0.717) is 0 Å². The third-order valence-electron chi connectivity index (χ3n) is 0. The Kier molecular flexibility index (Phi) is 9.64. The standard InChI is InChI=1S/2FHO3S.Sn/c2*1-5(2,3)4;/h2*(H,2,3,4);/q;;+2/p-2. The van der Waals surface area contributed by atoms with E-state index in [1.165, 1.54) is 0 Å². The molecule has 0 spiro atoms. The third kappa shape index (κ3) is 3290. The van der Waals surface area contributed by atoms with E-state index in [2.05, 4.69) is 0 Å². The first-order chi connectivity index (χ1) is 4.00. The molecule has 0 aliphatic rings. The summed E-state index contributed by atoms with van der Waals surface area (Å²) in [4.78, 5) is 0. The molecule has 0 amide bonds. The molecule has 0 saturated carbocycles. The van der Waals surface area contributed by atoms with Gasteiger partial charge in [-0.25, -0.2) is 16.8 Å². The van der Waals surface area contributed by atoms with E-state index in [9.17, 15) is 7.77 Å². The van der Waals surface area contributed by atoms with Crippen LogP contribution in [0.3, 0.4) is 0 Å². The maximum absolute atomic E-state index is 10.1. The molecule has 0 unspecified atom stereocenters. The fourth-order valence-corrected chi connectivity index (χ4v) is 0. The van der Waals surface area contributed by atoms with Crippen molar-refractivity contribution in [1.29, 1.82) is 0 Å². The van der Waals surface area contributed by atoms with E-state index in [4.69, 9.17) is 25.9 Å². The van der Waals surface area contributed by atoms with Crippen LogP contribution in [0.4, 0.5) is 7.77 Å². The quantitative estimate of drug-likeness (QED) is 0.304. The zero-order valence-corrected chi connectivity index (χ0v) is 9.01. The molecule has 0 aliphatic carbocycles. The van der Waals surface area contributed by atoms with Crippen molar-refractivity contribution in [2.45, 2.75) is 0 Å². The first-order valence-electron chi connectivity index (χ1n) is 1.31. The van der Waals surface area contributed by atoms with Crippen molar-refractivity contribution in [3.05, 3.63) is 0 Å². The fraction of sp³-hybridized carbons (Fsp3) is 0. The van der Waals surface area contributed by atoms with E-state index in [0.717, 1.165) is 0 Å². The average Bonchev–Trinajstić information content (AvgIpc) is 1.12. The summed E-state index contributed by atoms with van der Waals surface area (Å²) in [5, 5.41) is 0. The molecule has 0 heterocycles. The van der Waals surface area contributed by atoms with Crippen molar-refractivity contribution in [2.75, 3.05) is 0 Å². The van der Waals surface area contributed by atoms with Crippen molar-refractivity contribution in [3.63, 3.8) is 0 Å². The Labute approximate surface area is 78.6 Å². The molecule has 0 aromatic carbocycles. The Morgan fingerprint density at radius 3 is 0.818 bits per heavy atom. The molecule has 6 nitrogen and oxygen atoms in total. The van der Waals surface area contributed by atoms with Gasteiger partial charge in [0.25, 0.3) is 21.0 Å². The summed E-state index contributed by atoms with van der Waals surface area (Å²) in [7, 11) is -10.8. The molecule has 11 heavy (non-hydrogen) atoms. The molecule has 0 aromatic rings. The average molecular weight is 317 g/mol. The Morgan fingerprint density at radius 1 is 0.818 bits per heavy atom. The predicted octanol–water partition coefficient (Wildman–Crippen LogP) is -1.55. The second-order valence-electron chi connectivity index (χ2n) is 0.786. The van der Waals surface area contributed by atoms with Crippen LogP contribution in [-0.2, 0) is 21.0 Å². The topological polar surface area (TPSA) is 114 Å². The van der Waals surface area contributed by atoms with Crippen LogP contribution in [0.5, 0.6) is 0 Å². The van der Waals surface area contributed by atoms with Crippen molar-refractivity contribution in [2.24, 2.45) is 0 Å². The van der Waals surface area contributed by atoms with Crippen LogP contribution in [-0.4, -0.2) is 49.8 Å². The second kappa shape index (κ2) is 6.05. The number of halogens is 2. The van der Waals surface area contributed by atoms with Gasteiger partial charge in [0, 0.05) is 0 Å². The van der Waals surface area contributed by atoms with Crippen LogP contribution in [0.25, 0.3) is 0 Å². The minimum absolute atomic E-state index is 0. The second-order valence-corrected chi connectivity index (χ2v) is 2.36. The van der Waals surface area contributed by atoms with Crippen LogP contribution < -0.4 is 0 Å². The molecule has 0 N–H and O–H groups in total. The van der Waals surface area contributed by atoms with Gasteiger partial charge in [-0.05, 0) is 0 Å². The normalized spacial score (nSPS) is 10.5. The molecule has 2 radical (unpaired) electrons. The fourth-order valence-electron chi connectivity index (χ4n) is 0. The van der Waals surface area contributed by atoms with Gasteiger partial charge in [0.1, 0.15) is 0 Å². The van der Waals surface area contributed by atoms with Crippen molar-refractivity contribution in [3.8, 4) is 0 Å². The van der Waals surface area contributed by atoms with Gasteiger partial charge in [0.15, 0.2) is 0 Å². The van der Waals surface area contributed by atoms with Gasteiger partial charge < -0.3 is 9.11 Å². The third-order valence-corrected chi connectivity index (χ3v) is 0. The summed E-state index contributed by atoms with van der Waals surface area (Å²) in [6.45, 7) is 0. The number of hydrogen-bond donors (Lipinski definition) is 0. The molecule has 0 rings (SSSR count). The maximum atomic E-state index is 10.1. The van der Waals surface area contributed by atoms with Crippen molar-refractivity contribution < 1.29 is 33.7 Å². The zero-order chi connectivity index (χ0) is 9.00. The van der Waals surface area contributed by atoms with Crippen LogP contribution in [0.2, 0.25) is 0 Å². The summed E-state index contributed by atoms with van der Waals surface area (Å²) >= 11 is 0. The maximum Gasteiger partial charge on any atom is 2.00 e. The monoisotopic (exact) mass is 318 g/mol. The summed E-state index contributed by atoms with van der Waals surface area (Å²) in [5.41, 5.74) is 0. The van der Waals surface area contributed by atoms with Gasteiger partial charge in [-0.1, -0.05) is 0 Å². The van der Waals surface area contributed by atoms with Gasteiger partial charge in [0.2, 0.25) is 0 Å². The molecule has 0 fully saturated rings. The van der Waals surface area contributed by atoms with E-state index in [1.807, 2.05) is 0 Å². The summed E-state index contributed by atoms with van der Waals surface area (Å²) in [6, 6.07) is 0. The van der Waals surface area contributed by atoms with Crippen molar-refractivity contribution >= 4 is 44.9 Å². The summed E-state index contributed by atoms with van der Waals surface area (Å²) in [6.07, 6.45) is 0. The minimum atomic E-state index is -5.42. The molecule has 66 valence electrons. The summed E-state index contributed by atoms with van der Waals surface area (Å²) < 4.78 is 70.7. The smallest absolute Gasteiger partial charge is 0.722 e. The van der Waals surface area contributed by atoms with Crippen molar-refractivity contribution in [1.82, 2.24) is 0 Å². The van der Waals surface area contributed by atoms with Crippen LogP contribution in [0.1, 0.15) is 0 Å². The molecular weight excluding hydrogens is 317 g/mol.